The van der Waals surface area contributed by atoms with E-state index in [0.717, 1.165) is 29.5 Å². The fourth-order valence-corrected chi connectivity index (χ4v) is 3.34. The van der Waals surface area contributed by atoms with Crippen LogP contribution in [0.3, 0.4) is 0 Å². The zero-order valence-electron chi connectivity index (χ0n) is 16.8. The molecule has 1 saturated carbocycles. The molecule has 1 fully saturated rings. The number of nitrogens with one attached hydrogen (secondary N) is 2. The number of carbonyl (C=O) groups is 2. The van der Waals surface area contributed by atoms with Crippen molar-refractivity contribution in [1.29, 1.82) is 0 Å². The lowest BCUT2D eigenvalue weighted by atomic mass is 10.0. The molecule has 0 aliphatic heterocycles. The van der Waals surface area contributed by atoms with Gasteiger partial charge in [0.15, 0.2) is 0 Å². The first-order valence-electron chi connectivity index (χ1n) is 10.2. The van der Waals surface area contributed by atoms with Crippen LogP contribution in [0.5, 0.6) is 0 Å². The van der Waals surface area contributed by atoms with Crippen LogP contribution in [0.2, 0.25) is 0 Å². The van der Waals surface area contributed by atoms with Crippen LogP contribution in [0.1, 0.15) is 56.2 Å². The molecule has 0 unspecified atom stereocenters. The fraction of sp³-hybridized carbons (Fsp3) is 0.200. The Hall–Kier alpha value is -3.54. The Kier molecular flexibility index (Phi) is 6.07. The van der Waals surface area contributed by atoms with Gasteiger partial charge in [-0.3, -0.25) is 9.59 Å². The Morgan fingerprint density at radius 3 is 1.52 bits per heavy atom. The minimum absolute atomic E-state index is 0.263. The van der Waals surface area contributed by atoms with Crippen molar-refractivity contribution in [3.8, 4) is 0 Å². The molecule has 2 amide bonds. The van der Waals surface area contributed by atoms with Gasteiger partial charge in [0.2, 0.25) is 0 Å². The first kappa shape index (κ1) is 20.7. The highest BCUT2D eigenvalue weighted by atomic mass is 19.1. The smallest absolute Gasteiger partial charge is 0.251 e. The molecule has 3 aromatic carbocycles. The molecule has 0 spiro atoms. The van der Waals surface area contributed by atoms with Crippen molar-refractivity contribution in [2.45, 2.75) is 31.8 Å². The predicted molar refractivity (Wildman–Crippen MR) is 114 cm³/mol. The van der Waals surface area contributed by atoms with E-state index in [0.29, 0.717) is 17.0 Å². The molecule has 4 rings (SSSR count). The summed E-state index contributed by atoms with van der Waals surface area (Å²) in [5.41, 5.74) is 3.37. The SMILES string of the molecule is O=C(NCc1ccc(F)cc1)c1cc(C(=O)NCc2ccc(F)cc2)cc(C2CC2)c1. The summed E-state index contributed by atoms with van der Waals surface area (Å²) in [7, 11) is 0. The Labute approximate surface area is 179 Å². The van der Waals surface area contributed by atoms with Crippen molar-refractivity contribution in [2.75, 3.05) is 0 Å². The van der Waals surface area contributed by atoms with E-state index < -0.39 is 0 Å². The third-order valence-electron chi connectivity index (χ3n) is 5.26. The predicted octanol–water partition coefficient (Wildman–Crippen LogP) is 4.70. The van der Waals surface area contributed by atoms with Crippen molar-refractivity contribution < 1.29 is 18.4 Å². The first-order chi connectivity index (χ1) is 15.0. The van der Waals surface area contributed by atoms with Gasteiger partial charge in [-0.1, -0.05) is 24.3 Å². The molecule has 1 aliphatic carbocycles. The second kappa shape index (κ2) is 9.08. The van der Waals surface area contributed by atoms with Crippen LogP contribution in [-0.2, 0) is 13.1 Å². The Balaban J connectivity index is 1.46. The molecule has 4 nitrogen and oxygen atoms in total. The van der Waals surface area contributed by atoms with Crippen molar-refractivity contribution in [1.82, 2.24) is 10.6 Å². The molecule has 2 N–H and O–H groups in total. The summed E-state index contributed by atoms with van der Waals surface area (Å²) in [6, 6.07) is 17.1. The van der Waals surface area contributed by atoms with Gasteiger partial charge >= 0.3 is 0 Å². The molecule has 0 radical (unpaired) electrons. The fourth-order valence-electron chi connectivity index (χ4n) is 3.34. The van der Waals surface area contributed by atoms with E-state index in [1.807, 2.05) is 12.1 Å². The number of rotatable bonds is 7. The summed E-state index contributed by atoms with van der Waals surface area (Å²) in [4.78, 5) is 25.4. The van der Waals surface area contributed by atoms with Crippen LogP contribution in [-0.4, -0.2) is 11.8 Å². The van der Waals surface area contributed by atoms with Crippen LogP contribution < -0.4 is 10.6 Å². The largest absolute Gasteiger partial charge is 0.348 e. The Morgan fingerprint density at radius 1 is 0.710 bits per heavy atom. The van der Waals surface area contributed by atoms with Gasteiger partial charge in [-0.05, 0) is 77.9 Å². The van der Waals surface area contributed by atoms with Crippen molar-refractivity contribution in [2.24, 2.45) is 0 Å². The van der Waals surface area contributed by atoms with Crippen LogP contribution in [0.4, 0.5) is 8.78 Å². The zero-order valence-corrected chi connectivity index (χ0v) is 16.8. The molecule has 6 heteroatoms. The quantitative estimate of drug-likeness (QED) is 0.582. The van der Waals surface area contributed by atoms with Gasteiger partial charge < -0.3 is 10.6 Å². The van der Waals surface area contributed by atoms with Gasteiger partial charge in [0.05, 0.1) is 0 Å². The maximum absolute atomic E-state index is 13.0. The van der Waals surface area contributed by atoms with Gasteiger partial charge in [0, 0.05) is 24.2 Å². The van der Waals surface area contributed by atoms with Crippen LogP contribution >= 0.6 is 0 Å². The molecular weight excluding hydrogens is 398 g/mol. The van der Waals surface area contributed by atoms with Crippen molar-refractivity contribution in [3.63, 3.8) is 0 Å². The Bertz CT molecular complexity index is 1010. The van der Waals surface area contributed by atoms with Crippen molar-refractivity contribution >= 4 is 11.8 Å². The lowest BCUT2D eigenvalue weighted by molar-refractivity contribution is 0.0950. The summed E-state index contributed by atoms with van der Waals surface area (Å²) >= 11 is 0. The Morgan fingerprint density at radius 2 is 1.13 bits per heavy atom. The van der Waals surface area contributed by atoms with Gasteiger partial charge in [-0.2, -0.15) is 0 Å². The summed E-state index contributed by atoms with van der Waals surface area (Å²) in [6.45, 7) is 0.526. The molecule has 0 bridgehead atoms. The lowest BCUT2D eigenvalue weighted by Crippen LogP contribution is -2.25. The van der Waals surface area contributed by atoms with E-state index in [2.05, 4.69) is 10.6 Å². The molecule has 0 saturated heterocycles. The molecule has 3 aromatic rings. The first-order valence-corrected chi connectivity index (χ1v) is 10.2. The summed E-state index contributed by atoms with van der Waals surface area (Å²) in [6.07, 6.45) is 2.08. The molecule has 0 aromatic heterocycles. The third kappa shape index (κ3) is 5.54. The second-order valence-electron chi connectivity index (χ2n) is 7.74. The number of hydrogen-bond acceptors (Lipinski definition) is 2. The number of amides is 2. The van der Waals surface area contributed by atoms with Gasteiger partial charge in [0.25, 0.3) is 11.8 Å². The highest BCUT2D eigenvalue weighted by molar-refractivity contribution is 6.00. The van der Waals surface area contributed by atoms with E-state index in [4.69, 9.17) is 0 Å². The van der Waals surface area contributed by atoms with E-state index in [9.17, 15) is 18.4 Å². The molecule has 158 valence electrons. The number of halogens is 2. The normalized spacial score (nSPS) is 13.0. The summed E-state index contributed by atoms with van der Waals surface area (Å²) in [5.74, 6) is -0.876. The van der Waals surface area contributed by atoms with Crippen LogP contribution in [0, 0.1) is 11.6 Å². The van der Waals surface area contributed by atoms with E-state index >= 15 is 0 Å². The average molecular weight is 420 g/mol. The number of benzene rings is 3. The monoisotopic (exact) mass is 420 g/mol. The molecule has 31 heavy (non-hydrogen) atoms. The van der Waals surface area contributed by atoms with E-state index in [1.54, 1.807) is 30.3 Å². The highest BCUT2D eigenvalue weighted by Crippen LogP contribution is 2.40. The maximum Gasteiger partial charge on any atom is 0.251 e. The highest BCUT2D eigenvalue weighted by Gasteiger charge is 2.26. The van der Waals surface area contributed by atoms with Gasteiger partial charge in [0.1, 0.15) is 11.6 Å². The minimum Gasteiger partial charge on any atom is -0.348 e. The minimum atomic E-state index is -0.330. The van der Waals surface area contributed by atoms with E-state index in [-0.39, 0.29) is 36.5 Å². The number of hydrogen-bond donors (Lipinski definition) is 2. The third-order valence-corrected chi connectivity index (χ3v) is 5.26. The number of carbonyl (C=O) groups excluding carboxylic acids is 2. The standard InChI is InChI=1S/C25H22F2N2O2/c26-22-7-1-16(2-8-22)14-28-24(30)20-11-19(18-5-6-18)12-21(13-20)25(31)29-15-17-3-9-23(27)10-4-17/h1-4,7-13,18H,5-6,14-15H2,(H,28,30)(H,29,31). The summed E-state index contributed by atoms with van der Waals surface area (Å²) < 4.78 is 26.1. The maximum atomic E-state index is 13.0. The molecular formula is C25H22F2N2O2. The topological polar surface area (TPSA) is 58.2 Å². The average Bonchev–Trinajstić information content (AvgIpc) is 3.63. The molecule has 0 heterocycles. The van der Waals surface area contributed by atoms with E-state index in [1.165, 1.54) is 24.3 Å². The molecule has 0 atom stereocenters. The zero-order chi connectivity index (χ0) is 21.8. The van der Waals surface area contributed by atoms with Gasteiger partial charge in [-0.25, -0.2) is 8.78 Å². The van der Waals surface area contributed by atoms with Crippen molar-refractivity contribution in [3.05, 3.63) is 106 Å². The molecule has 1 aliphatic rings. The van der Waals surface area contributed by atoms with Gasteiger partial charge in [-0.15, -0.1) is 0 Å². The summed E-state index contributed by atoms with van der Waals surface area (Å²) in [5, 5.41) is 5.64. The lowest BCUT2D eigenvalue weighted by Gasteiger charge is -2.11. The van der Waals surface area contributed by atoms with Crippen LogP contribution in [0.25, 0.3) is 0 Å². The van der Waals surface area contributed by atoms with Crippen LogP contribution in [0.15, 0.2) is 66.7 Å². The second-order valence-corrected chi connectivity index (χ2v) is 7.74.